The van der Waals surface area contributed by atoms with E-state index >= 15 is 0 Å². The molecule has 0 spiro atoms. The number of thioether (sulfide) groups is 1. The van der Waals surface area contributed by atoms with E-state index in [2.05, 4.69) is 11.8 Å². The Hall–Kier alpha value is 0.310. The Morgan fingerprint density at radius 1 is 0.917 bits per heavy atom. The molecular formula is C10H12OS. The average Bonchev–Trinajstić information content (AvgIpc) is 2.47. The maximum atomic E-state index is 10.1. The third-order valence-electron chi connectivity index (χ3n) is 5.58. The summed E-state index contributed by atoms with van der Waals surface area (Å²) in [4.78, 5) is 0. The first-order chi connectivity index (χ1) is 5.88. The monoisotopic (exact) mass is 180 g/mol. The summed E-state index contributed by atoms with van der Waals surface area (Å²) in [6.07, 6.45) is 1.61. The van der Waals surface area contributed by atoms with Crippen LogP contribution in [0.3, 0.4) is 0 Å². The lowest BCUT2D eigenvalue weighted by molar-refractivity contribution is 0.0307. The first-order valence-corrected chi connectivity index (χ1v) is 6.16. The van der Waals surface area contributed by atoms with Gasteiger partial charge in [-0.25, -0.2) is 0 Å². The lowest BCUT2D eigenvalue weighted by Gasteiger charge is -2.45. The van der Waals surface area contributed by atoms with Gasteiger partial charge >= 0.3 is 0 Å². The van der Waals surface area contributed by atoms with E-state index < -0.39 is 0 Å². The highest BCUT2D eigenvalue weighted by Crippen LogP contribution is 2.82. The van der Waals surface area contributed by atoms with Crippen LogP contribution >= 0.6 is 11.8 Å². The van der Waals surface area contributed by atoms with Crippen LogP contribution < -0.4 is 0 Å². The van der Waals surface area contributed by atoms with Crippen LogP contribution in [-0.4, -0.2) is 21.7 Å². The highest BCUT2D eigenvalue weighted by atomic mass is 32.2. The SMILES string of the molecule is O[C@H]1[C@@H]2[C@@H]3C[C@H]4[C@H]2S[C@H]2[C@@H]1[C@@H]3[C@H]42. The molecule has 12 heavy (non-hydrogen) atoms. The summed E-state index contributed by atoms with van der Waals surface area (Å²) in [5, 5.41) is 11.9. The van der Waals surface area contributed by atoms with Gasteiger partial charge < -0.3 is 5.11 Å². The van der Waals surface area contributed by atoms with Gasteiger partial charge in [0.05, 0.1) is 6.10 Å². The summed E-state index contributed by atoms with van der Waals surface area (Å²) in [6.45, 7) is 0. The zero-order valence-electron chi connectivity index (χ0n) is 6.76. The van der Waals surface area contributed by atoms with Crippen LogP contribution in [0.15, 0.2) is 0 Å². The molecule has 0 aromatic heterocycles. The zero-order valence-corrected chi connectivity index (χ0v) is 7.58. The van der Waals surface area contributed by atoms with E-state index in [0.717, 1.165) is 46.0 Å². The average molecular weight is 180 g/mol. The molecule has 1 aliphatic heterocycles. The summed E-state index contributed by atoms with van der Waals surface area (Å²) in [7, 11) is 0. The van der Waals surface area contributed by atoms with Crippen molar-refractivity contribution in [2.75, 3.05) is 0 Å². The highest BCUT2D eigenvalue weighted by molar-refractivity contribution is 8.01. The van der Waals surface area contributed by atoms with Crippen molar-refractivity contribution < 1.29 is 5.11 Å². The second-order valence-corrected chi connectivity index (χ2v) is 6.79. The number of hydrogen-bond acceptors (Lipinski definition) is 2. The van der Waals surface area contributed by atoms with Crippen molar-refractivity contribution in [2.24, 2.45) is 35.5 Å². The molecule has 2 bridgehead atoms. The van der Waals surface area contributed by atoms with E-state index in [1.54, 1.807) is 0 Å². The van der Waals surface area contributed by atoms with E-state index in [-0.39, 0.29) is 6.10 Å². The molecule has 4 aliphatic carbocycles. The van der Waals surface area contributed by atoms with Crippen molar-refractivity contribution >= 4 is 11.8 Å². The van der Waals surface area contributed by atoms with Gasteiger partial charge in [0.1, 0.15) is 0 Å². The van der Waals surface area contributed by atoms with Crippen LogP contribution in [0.2, 0.25) is 0 Å². The van der Waals surface area contributed by atoms with Crippen molar-refractivity contribution in [3.63, 3.8) is 0 Å². The standard InChI is InChI=1S/C10H12OS/c11-8-6-2-1-3-5-4(2)7(8)10(5)12-9(3)6/h2-11H,1H2/t2-,3-,4+,5+,6+,7-,8+,9-,10-/m1/s1. The minimum absolute atomic E-state index is 0.125. The summed E-state index contributed by atoms with van der Waals surface area (Å²) in [5.74, 6) is 5.57. The van der Waals surface area contributed by atoms with Gasteiger partial charge in [-0.2, -0.15) is 11.8 Å². The van der Waals surface area contributed by atoms with E-state index in [0.29, 0.717) is 0 Å². The van der Waals surface area contributed by atoms with Gasteiger partial charge in [-0.15, -0.1) is 0 Å². The Kier molecular flexibility index (Phi) is 0.690. The van der Waals surface area contributed by atoms with E-state index in [1.165, 1.54) is 6.42 Å². The molecule has 0 radical (unpaired) electrons. The molecular weight excluding hydrogens is 168 g/mol. The number of fused-ring (bicyclic) bond motifs is 2. The molecule has 0 amide bonds. The summed E-state index contributed by atoms with van der Waals surface area (Å²) in [5.41, 5.74) is 0. The fourth-order valence-electron chi connectivity index (χ4n) is 5.51. The number of hydrogen-bond donors (Lipinski definition) is 1. The van der Waals surface area contributed by atoms with Crippen LogP contribution in [0.1, 0.15) is 6.42 Å². The molecule has 1 N–H and O–H groups in total. The van der Waals surface area contributed by atoms with Crippen LogP contribution in [0.4, 0.5) is 0 Å². The molecule has 1 nitrogen and oxygen atoms in total. The topological polar surface area (TPSA) is 20.2 Å². The van der Waals surface area contributed by atoms with Gasteiger partial charge in [0.25, 0.3) is 0 Å². The summed E-state index contributed by atoms with van der Waals surface area (Å²) < 4.78 is 0. The minimum atomic E-state index is 0.125. The quantitative estimate of drug-likeness (QED) is 0.599. The van der Waals surface area contributed by atoms with E-state index in [4.69, 9.17) is 0 Å². The Morgan fingerprint density at radius 2 is 1.83 bits per heavy atom. The van der Waals surface area contributed by atoms with Crippen LogP contribution in [-0.2, 0) is 0 Å². The van der Waals surface area contributed by atoms with Gasteiger partial charge in [-0.1, -0.05) is 0 Å². The first-order valence-electron chi connectivity index (χ1n) is 5.21. The zero-order chi connectivity index (χ0) is 7.61. The number of aliphatic hydroxyl groups excluding tert-OH is 1. The smallest absolute Gasteiger partial charge is 0.0623 e. The second kappa shape index (κ2) is 1.40. The van der Waals surface area contributed by atoms with Gasteiger partial charge in [0.15, 0.2) is 0 Å². The molecule has 64 valence electrons. The van der Waals surface area contributed by atoms with E-state index in [9.17, 15) is 5.11 Å². The van der Waals surface area contributed by atoms with Gasteiger partial charge in [-0.3, -0.25) is 0 Å². The molecule has 1 heterocycles. The van der Waals surface area contributed by atoms with Crippen molar-refractivity contribution in [3.8, 4) is 0 Å². The maximum absolute atomic E-state index is 10.1. The van der Waals surface area contributed by atoms with E-state index in [1.807, 2.05) is 0 Å². The van der Waals surface area contributed by atoms with Crippen molar-refractivity contribution in [1.29, 1.82) is 0 Å². The fraction of sp³-hybridized carbons (Fsp3) is 1.00. The predicted molar refractivity (Wildman–Crippen MR) is 46.7 cm³/mol. The Balaban J connectivity index is 1.86. The lowest BCUT2D eigenvalue weighted by atomic mass is 9.64. The van der Waals surface area contributed by atoms with Gasteiger partial charge in [0.2, 0.25) is 0 Å². The normalized spacial score (nSPS) is 85.2. The van der Waals surface area contributed by atoms with Crippen molar-refractivity contribution in [3.05, 3.63) is 0 Å². The minimum Gasteiger partial charge on any atom is -0.392 e. The van der Waals surface area contributed by atoms with Crippen LogP contribution in [0.25, 0.3) is 0 Å². The Bertz CT molecular complexity index is 282. The maximum Gasteiger partial charge on any atom is 0.0623 e. The van der Waals surface area contributed by atoms with Crippen molar-refractivity contribution in [2.45, 2.75) is 23.0 Å². The van der Waals surface area contributed by atoms with Crippen molar-refractivity contribution in [1.82, 2.24) is 0 Å². The van der Waals surface area contributed by atoms with Gasteiger partial charge in [-0.05, 0) is 30.1 Å². The highest BCUT2D eigenvalue weighted by Gasteiger charge is 2.81. The summed E-state index contributed by atoms with van der Waals surface area (Å²) >= 11 is 2.25. The predicted octanol–water partition coefficient (Wildman–Crippen LogP) is 0.973. The molecule has 5 rings (SSSR count). The molecule has 5 aliphatic rings. The fourth-order valence-corrected chi connectivity index (χ4v) is 8.00. The molecule has 0 unspecified atom stereocenters. The number of rotatable bonds is 0. The molecule has 5 fully saturated rings. The largest absolute Gasteiger partial charge is 0.392 e. The Morgan fingerprint density at radius 3 is 2.75 bits per heavy atom. The first kappa shape index (κ1) is 5.92. The molecule has 0 aromatic carbocycles. The lowest BCUT2D eigenvalue weighted by Crippen LogP contribution is -2.48. The van der Waals surface area contributed by atoms with Crippen LogP contribution in [0.5, 0.6) is 0 Å². The second-order valence-electron chi connectivity index (χ2n) is 5.43. The van der Waals surface area contributed by atoms with Gasteiger partial charge in [0, 0.05) is 22.3 Å². The Labute approximate surface area is 75.9 Å². The molecule has 2 heteroatoms. The molecule has 4 saturated carbocycles. The summed E-state index contributed by atoms with van der Waals surface area (Å²) in [6, 6.07) is 0. The molecule has 9 atom stereocenters. The number of aliphatic hydroxyl groups is 1. The third kappa shape index (κ3) is 0.327. The van der Waals surface area contributed by atoms with Crippen LogP contribution in [0, 0.1) is 35.5 Å². The molecule has 1 saturated heterocycles. The third-order valence-corrected chi connectivity index (χ3v) is 7.50. The molecule has 0 aromatic rings.